The molecule has 0 radical (unpaired) electrons. The van der Waals surface area contributed by atoms with Crippen LogP contribution in [0.15, 0.2) is 48.5 Å². The van der Waals surface area contributed by atoms with E-state index in [1.807, 2.05) is 0 Å². The van der Waals surface area contributed by atoms with Crippen LogP contribution in [0.5, 0.6) is 0 Å². The molecule has 1 amide bonds. The van der Waals surface area contributed by atoms with Crippen LogP contribution < -0.4 is 5.32 Å². The number of sulfonamides is 1. The monoisotopic (exact) mass is 434 g/mol. The minimum absolute atomic E-state index is 0.00711. The van der Waals surface area contributed by atoms with Gasteiger partial charge < -0.3 is 14.8 Å². The summed E-state index contributed by atoms with van der Waals surface area (Å²) in [5, 5.41) is 2.54. The Morgan fingerprint density at radius 2 is 1.57 bits per heavy atom. The maximum atomic E-state index is 13.1. The number of hydrogen-bond donors (Lipinski definition) is 1. The number of ether oxygens (including phenoxy) is 2. The van der Waals surface area contributed by atoms with Crippen LogP contribution in [-0.2, 0) is 24.3 Å². The van der Waals surface area contributed by atoms with E-state index in [1.54, 1.807) is 30.3 Å². The molecule has 0 heterocycles. The van der Waals surface area contributed by atoms with E-state index in [4.69, 9.17) is 4.74 Å². The largest absolute Gasteiger partial charge is 0.465 e. The zero-order valence-electron chi connectivity index (χ0n) is 16.9. The smallest absolute Gasteiger partial charge is 0.339 e. The number of esters is 2. The van der Waals surface area contributed by atoms with Crippen LogP contribution in [0.25, 0.3) is 0 Å². The van der Waals surface area contributed by atoms with Crippen LogP contribution in [-0.4, -0.2) is 58.1 Å². The van der Waals surface area contributed by atoms with Gasteiger partial charge in [0, 0.05) is 7.05 Å². The summed E-state index contributed by atoms with van der Waals surface area (Å²) in [4.78, 5) is 37.1. The molecule has 0 aromatic heterocycles. The number of methoxy groups -OCH3 is 2. The van der Waals surface area contributed by atoms with Crippen molar-refractivity contribution < 1.29 is 32.3 Å². The number of anilines is 1. The second-order valence-corrected chi connectivity index (χ2v) is 8.37. The van der Waals surface area contributed by atoms with Gasteiger partial charge in [-0.3, -0.25) is 4.79 Å². The molecule has 10 heteroatoms. The van der Waals surface area contributed by atoms with Crippen molar-refractivity contribution in [3.05, 3.63) is 65.2 Å². The maximum absolute atomic E-state index is 13.1. The Hall–Kier alpha value is -3.24. The lowest BCUT2D eigenvalue weighted by atomic mass is 10.0. The zero-order chi connectivity index (χ0) is 22.5. The highest BCUT2D eigenvalue weighted by Gasteiger charge is 2.31. The fraction of sp³-hybridized carbons (Fsp3) is 0.250. The minimum atomic E-state index is -3.74. The summed E-state index contributed by atoms with van der Waals surface area (Å²) in [5.41, 5.74) is 0.491. The highest BCUT2D eigenvalue weighted by Crippen LogP contribution is 2.26. The molecule has 30 heavy (non-hydrogen) atoms. The first kappa shape index (κ1) is 23.0. The molecule has 1 atom stereocenters. The van der Waals surface area contributed by atoms with E-state index in [-0.39, 0.29) is 16.8 Å². The van der Waals surface area contributed by atoms with Gasteiger partial charge in [-0.25, -0.2) is 18.0 Å². The molecule has 0 saturated heterocycles. The summed E-state index contributed by atoms with van der Waals surface area (Å²) in [6, 6.07) is 11.0. The van der Waals surface area contributed by atoms with Gasteiger partial charge >= 0.3 is 11.9 Å². The van der Waals surface area contributed by atoms with Crippen molar-refractivity contribution in [1.82, 2.24) is 4.31 Å². The van der Waals surface area contributed by atoms with E-state index in [0.717, 1.165) is 10.6 Å². The van der Waals surface area contributed by atoms with Crippen molar-refractivity contribution >= 4 is 33.6 Å². The molecule has 0 aliphatic carbocycles. The van der Waals surface area contributed by atoms with E-state index in [1.165, 1.54) is 39.5 Å². The summed E-state index contributed by atoms with van der Waals surface area (Å²) in [7, 11) is -0.0922. The lowest BCUT2D eigenvalue weighted by molar-refractivity contribution is -0.119. The number of carbonyl (C=O) groups is 3. The molecule has 0 aliphatic rings. The molecule has 160 valence electrons. The van der Waals surface area contributed by atoms with Gasteiger partial charge in [-0.2, -0.15) is 4.31 Å². The number of benzene rings is 2. The molecule has 2 aromatic carbocycles. The van der Waals surface area contributed by atoms with Gasteiger partial charge in [0.15, 0.2) is 0 Å². The topological polar surface area (TPSA) is 119 Å². The van der Waals surface area contributed by atoms with Crippen LogP contribution in [0.1, 0.15) is 32.3 Å². The van der Waals surface area contributed by atoms with Crippen LogP contribution in [0.2, 0.25) is 0 Å². The molecule has 0 aliphatic heterocycles. The van der Waals surface area contributed by atoms with Crippen LogP contribution in [0, 0.1) is 0 Å². The second-order valence-electron chi connectivity index (χ2n) is 6.33. The van der Waals surface area contributed by atoms with Gasteiger partial charge in [-0.15, -0.1) is 0 Å². The lowest BCUT2D eigenvalue weighted by Crippen LogP contribution is -2.38. The summed E-state index contributed by atoms with van der Waals surface area (Å²) in [5.74, 6) is -2.13. The Kier molecular flexibility index (Phi) is 7.30. The van der Waals surface area contributed by atoms with Crippen LogP contribution in [0.4, 0.5) is 5.69 Å². The third-order valence-electron chi connectivity index (χ3n) is 4.35. The van der Waals surface area contributed by atoms with Crippen molar-refractivity contribution in [2.45, 2.75) is 6.04 Å². The fourth-order valence-corrected chi connectivity index (χ4v) is 3.34. The van der Waals surface area contributed by atoms with Crippen molar-refractivity contribution in [3.8, 4) is 0 Å². The van der Waals surface area contributed by atoms with Crippen molar-refractivity contribution in [2.75, 3.05) is 32.8 Å². The number of likely N-dealkylation sites (N-methyl/N-ethyl adjacent to an activating group) is 1. The van der Waals surface area contributed by atoms with Crippen LogP contribution in [0.3, 0.4) is 0 Å². The Labute approximate surface area is 174 Å². The molecule has 0 spiro atoms. The minimum Gasteiger partial charge on any atom is -0.465 e. The first-order valence-corrected chi connectivity index (χ1v) is 10.5. The normalized spacial score (nSPS) is 12.2. The molecule has 1 N–H and O–H groups in total. The second kappa shape index (κ2) is 9.51. The van der Waals surface area contributed by atoms with Crippen molar-refractivity contribution in [1.29, 1.82) is 0 Å². The van der Waals surface area contributed by atoms with E-state index in [2.05, 4.69) is 10.1 Å². The summed E-state index contributed by atoms with van der Waals surface area (Å²) >= 11 is 0. The molecule has 0 saturated carbocycles. The molecular weight excluding hydrogens is 412 g/mol. The number of nitrogens with one attached hydrogen (secondary N) is 1. The number of carbonyl (C=O) groups excluding carboxylic acids is 3. The Bertz CT molecular complexity index is 1050. The molecular formula is C20H22N2O7S. The van der Waals surface area contributed by atoms with Gasteiger partial charge in [-0.1, -0.05) is 30.3 Å². The maximum Gasteiger partial charge on any atom is 0.339 e. The fourth-order valence-electron chi connectivity index (χ4n) is 2.73. The Morgan fingerprint density at radius 3 is 2.10 bits per heavy atom. The number of nitrogens with zero attached hydrogens (tertiary/aromatic N) is 1. The van der Waals surface area contributed by atoms with Crippen LogP contribution >= 0.6 is 0 Å². The first-order valence-electron chi connectivity index (χ1n) is 8.69. The van der Waals surface area contributed by atoms with Gasteiger partial charge in [0.05, 0.1) is 37.3 Å². The third kappa shape index (κ3) is 5.22. The molecule has 9 nitrogen and oxygen atoms in total. The van der Waals surface area contributed by atoms with E-state index in [9.17, 15) is 22.8 Å². The lowest BCUT2D eigenvalue weighted by Gasteiger charge is -2.26. The average molecular weight is 434 g/mol. The number of hydrogen-bond acceptors (Lipinski definition) is 7. The van der Waals surface area contributed by atoms with Gasteiger partial charge in [-0.05, 0) is 23.8 Å². The van der Waals surface area contributed by atoms with Gasteiger partial charge in [0.25, 0.3) is 0 Å². The number of amides is 1. The zero-order valence-corrected chi connectivity index (χ0v) is 17.7. The quantitative estimate of drug-likeness (QED) is 0.660. The predicted molar refractivity (Wildman–Crippen MR) is 110 cm³/mol. The highest BCUT2D eigenvalue weighted by atomic mass is 32.2. The molecule has 0 unspecified atom stereocenters. The SMILES string of the molecule is COC(=O)c1ccc(C(=O)OC)c(NC(=O)[C@@H](c2ccccc2)N(C)S(C)(=O)=O)c1. The van der Waals surface area contributed by atoms with E-state index < -0.39 is 33.9 Å². The van der Waals surface area contributed by atoms with Gasteiger partial charge in [0.1, 0.15) is 6.04 Å². The Morgan fingerprint density at radius 1 is 0.967 bits per heavy atom. The highest BCUT2D eigenvalue weighted by molar-refractivity contribution is 7.88. The first-order chi connectivity index (χ1) is 14.1. The average Bonchev–Trinajstić information content (AvgIpc) is 2.72. The van der Waals surface area contributed by atoms with Gasteiger partial charge in [0.2, 0.25) is 15.9 Å². The summed E-state index contributed by atoms with van der Waals surface area (Å²) in [6.45, 7) is 0. The molecule has 0 bridgehead atoms. The summed E-state index contributed by atoms with van der Waals surface area (Å²) in [6.07, 6.45) is 0.980. The predicted octanol–water partition coefficient (Wildman–Crippen LogP) is 1.83. The van der Waals surface area contributed by atoms with E-state index in [0.29, 0.717) is 5.56 Å². The molecule has 2 aromatic rings. The number of rotatable bonds is 7. The van der Waals surface area contributed by atoms with Crippen molar-refractivity contribution in [2.24, 2.45) is 0 Å². The molecule has 2 rings (SSSR count). The molecule has 0 fully saturated rings. The summed E-state index contributed by atoms with van der Waals surface area (Å²) < 4.78 is 34.5. The van der Waals surface area contributed by atoms with E-state index >= 15 is 0 Å². The Balaban J connectivity index is 2.52. The van der Waals surface area contributed by atoms with Crippen molar-refractivity contribution in [3.63, 3.8) is 0 Å². The third-order valence-corrected chi connectivity index (χ3v) is 5.61. The standard InChI is InChI=1S/C20H22N2O7S/c1-22(30(4,26)27)17(13-8-6-5-7-9-13)18(23)21-16-12-14(19(24)28-2)10-11-15(16)20(25)29-3/h5-12,17H,1-4H3,(H,21,23)/t17-/m1/s1.